The van der Waals surface area contributed by atoms with Crippen molar-refractivity contribution in [1.29, 1.82) is 0 Å². The van der Waals surface area contributed by atoms with Gasteiger partial charge in [-0.05, 0) is 19.8 Å². The average Bonchev–Trinajstić information content (AvgIpc) is 2.28. The van der Waals surface area contributed by atoms with Crippen molar-refractivity contribution in [2.45, 2.75) is 31.9 Å². The van der Waals surface area contributed by atoms with Gasteiger partial charge in [-0.1, -0.05) is 0 Å². The Kier molecular flexibility index (Phi) is 4.54. The maximum absolute atomic E-state index is 11.7. The van der Waals surface area contributed by atoms with Crippen molar-refractivity contribution in [3.8, 4) is 0 Å². The Morgan fingerprint density at radius 2 is 2.25 bits per heavy atom. The molecule has 0 spiro atoms. The summed E-state index contributed by atoms with van der Waals surface area (Å²) in [5.41, 5.74) is 0. The minimum absolute atomic E-state index is 0.0552. The zero-order chi connectivity index (χ0) is 12.1. The molecule has 0 aliphatic carbocycles. The van der Waals surface area contributed by atoms with Gasteiger partial charge in [0.05, 0.1) is 6.10 Å². The number of carbonyl (C=O) groups is 2. The van der Waals surface area contributed by atoms with Gasteiger partial charge in [0, 0.05) is 20.2 Å². The van der Waals surface area contributed by atoms with Gasteiger partial charge in [0.2, 0.25) is 0 Å². The number of carbonyl (C=O) groups excluding carboxylic acids is 1. The van der Waals surface area contributed by atoms with Gasteiger partial charge in [0.15, 0.2) is 0 Å². The summed E-state index contributed by atoms with van der Waals surface area (Å²) in [7, 11) is 1.62. The molecule has 1 rings (SSSR count). The number of ether oxygens (including phenoxy) is 1. The summed E-state index contributed by atoms with van der Waals surface area (Å²) >= 11 is 0. The second-order valence-corrected chi connectivity index (χ2v) is 3.96. The van der Waals surface area contributed by atoms with E-state index in [9.17, 15) is 9.59 Å². The second kappa shape index (κ2) is 5.69. The van der Waals surface area contributed by atoms with Crippen molar-refractivity contribution < 1.29 is 19.4 Å². The third-order valence-electron chi connectivity index (χ3n) is 2.71. The van der Waals surface area contributed by atoms with Crippen LogP contribution in [0.25, 0.3) is 0 Å². The fourth-order valence-electron chi connectivity index (χ4n) is 1.65. The SMILES string of the molecule is COC1CCCN(C(=O)N[C@H](C)C(=O)O)C1. The number of hydrogen-bond donors (Lipinski definition) is 2. The predicted octanol–water partition coefficient (Wildman–Crippen LogP) is 0.280. The maximum Gasteiger partial charge on any atom is 0.325 e. The molecule has 0 aromatic rings. The van der Waals surface area contributed by atoms with Gasteiger partial charge in [-0.2, -0.15) is 0 Å². The number of aliphatic carboxylic acids is 1. The number of urea groups is 1. The number of likely N-dealkylation sites (tertiary alicyclic amines) is 1. The van der Waals surface area contributed by atoms with Crippen LogP contribution in [0.1, 0.15) is 19.8 Å². The molecule has 1 fully saturated rings. The van der Waals surface area contributed by atoms with E-state index in [1.807, 2.05) is 0 Å². The number of carboxylic acids is 1. The molecule has 0 aromatic heterocycles. The molecule has 16 heavy (non-hydrogen) atoms. The molecule has 2 atom stereocenters. The van der Waals surface area contributed by atoms with Crippen molar-refractivity contribution in [1.82, 2.24) is 10.2 Å². The minimum atomic E-state index is -1.03. The van der Waals surface area contributed by atoms with Crippen molar-refractivity contribution in [2.24, 2.45) is 0 Å². The Morgan fingerprint density at radius 3 is 2.81 bits per heavy atom. The zero-order valence-corrected chi connectivity index (χ0v) is 9.60. The molecular formula is C10H18N2O4. The second-order valence-electron chi connectivity index (χ2n) is 3.96. The van der Waals surface area contributed by atoms with Crippen LogP contribution in [0.15, 0.2) is 0 Å². The third-order valence-corrected chi connectivity index (χ3v) is 2.71. The van der Waals surface area contributed by atoms with E-state index in [2.05, 4.69) is 5.32 Å². The van der Waals surface area contributed by atoms with Crippen LogP contribution in [-0.2, 0) is 9.53 Å². The Morgan fingerprint density at radius 1 is 1.56 bits per heavy atom. The average molecular weight is 230 g/mol. The number of carboxylic acid groups (broad SMARTS) is 1. The molecule has 0 bridgehead atoms. The molecular weight excluding hydrogens is 212 g/mol. The molecule has 0 radical (unpaired) electrons. The van der Waals surface area contributed by atoms with E-state index >= 15 is 0 Å². The number of amides is 2. The minimum Gasteiger partial charge on any atom is -0.480 e. The molecule has 92 valence electrons. The highest BCUT2D eigenvalue weighted by atomic mass is 16.5. The van der Waals surface area contributed by atoms with Crippen LogP contribution in [0.3, 0.4) is 0 Å². The van der Waals surface area contributed by atoms with Crippen LogP contribution in [0.5, 0.6) is 0 Å². The first-order valence-electron chi connectivity index (χ1n) is 5.35. The number of rotatable bonds is 3. The molecule has 1 saturated heterocycles. The maximum atomic E-state index is 11.7. The van der Waals surface area contributed by atoms with E-state index in [1.165, 1.54) is 6.92 Å². The quantitative estimate of drug-likeness (QED) is 0.730. The molecule has 1 unspecified atom stereocenters. The van der Waals surface area contributed by atoms with Crippen LogP contribution in [0.4, 0.5) is 4.79 Å². The summed E-state index contributed by atoms with van der Waals surface area (Å²) in [4.78, 5) is 23.8. The molecule has 0 saturated carbocycles. The predicted molar refractivity (Wildman–Crippen MR) is 57.2 cm³/mol. The summed E-state index contributed by atoms with van der Waals surface area (Å²) < 4.78 is 5.19. The van der Waals surface area contributed by atoms with Gasteiger partial charge >= 0.3 is 12.0 Å². The standard InChI is InChI=1S/C10H18N2O4/c1-7(9(13)14)11-10(15)12-5-3-4-8(6-12)16-2/h7-8H,3-6H2,1-2H3,(H,11,15)(H,13,14)/t7-,8?/m1/s1. The van der Waals surface area contributed by atoms with Crippen molar-refractivity contribution >= 4 is 12.0 Å². The zero-order valence-electron chi connectivity index (χ0n) is 9.60. The highest BCUT2D eigenvalue weighted by Gasteiger charge is 2.25. The van der Waals surface area contributed by atoms with E-state index in [1.54, 1.807) is 12.0 Å². The monoisotopic (exact) mass is 230 g/mol. The van der Waals surface area contributed by atoms with Crippen LogP contribution in [-0.4, -0.2) is 54.4 Å². The molecule has 0 aromatic carbocycles. The number of nitrogens with zero attached hydrogens (tertiary/aromatic N) is 1. The molecule has 6 nitrogen and oxygen atoms in total. The van der Waals surface area contributed by atoms with Crippen LogP contribution < -0.4 is 5.32 Å². The summed E-state index contributed by atoms with van der Waals surface area (Å²) in [6.45, 7) is 2.62. The summed E-state index contributed by atoms with van der Waals surface area (Å²) in [6, 6.07) is -1.20. The summed E-state index contributed by atoms with van der Waals surface area (Å²) in [6.07, 6.45) is 1.88. The molecule has 1 aliphatic rings. The lowest BCUT2D eigenvalue weighted by Crippen LogP contribution is -2.51. The smallest absolute Gasteiger partial charge is 0.325 e. The number of methoxy groups -OCH3 is 1. The number of piperidine rings is 1. The highest BCUT2D eigenvalue weighted by molar-refractivity contribution is 5.82. The molecule has 2 N–H and O–H groups in total. The topological polar surface area (TPSA) is 78.9 Å². The highest BCUT2D eigenvalue weighted by Crippen LogP contribution is 2.12. The van der Waals surface area contributed by atoms with Crippen LogP contribution in [0.2, 0.25) is 0 Å². The Balaban J connectivity index is 2.44. The number of hydrogen-bond acceptors (Lipinski definition) is 3. The summed E-state index contributed by atoms with van der Waals surface area (Å²) in [5, 5.41) is 11.1. The lowest BCUT2D eigenvalue weighted by Gasteiger charge is -2.32. The Bertz CT molecular complexity index is 270. The first-order chi connectivity index (χ1) is 7.54. The van der Waals surface area contributed by atoms with Gasteiger partial charge in [-0.25, -0.2) is 4.79 Å². The fourth-order valence-corrected chi connectivity index (χ4v) is 1.65. The molecule has 2 amide bonds. The van der Waals surface area contributed by atoms with Crippen molar-refractivity contribution in [3.63, 3.8) is 0 Å². The van der Waals surface area contributed by atoms with Crippen molar-refractivity contribution in [3.05, 3.63) is 0 Å². The Hall–Kier alpha value is -1.30. The van der Waals surface area contributed by atoms with Gasteiger partial charge in [-0.15, -0.1) is 0 Å². The van der Waals surface area contributed by atoms with Crippen molar-refractivity contribution in [2.75, 3.05) is 20.2 Å². The van der Waals surface area contributed by atoms with E-state index < -0.39 is 12.0 Å². The van der Waals surface area contributed by atoms with Crippen LogP contribution in [0, 0.1) is 0 Å². The Labute approximate surface area is 94.6 Å². The molecule has 1 aliphatic heterocycles. The lowest BCUT2D eigenvalue weighted by atomic mass is 10.1. The first kappa shape index (κ1) is 12.8. The molecule has 6 heteroatoms. The van der Waals surface area contributed by atoms with E-state index in [0.29, 0.717) is 13.1 Å². The van der Waals surface area contributed by atoms with E-state index in [-0.39, 0.29) is 12.1 Å². The normalized spacial score (nSPS) is 22.6. The largest absolute Gasteiger partial charge is 0.480 e. The molecule has 1 heterocycles. The van der Waals surface area contributed by atoms with Gasteiger partial charge < -0.3 is 20.1 Å². The fraction of sp³-hybridized carbons (Fsp3) is 0.800. The summed E-state index contributed by atoms with van der Waals surface area (Å²) in [5.74, 6) is -1.03. The number of nitrogens with one attached hydrogen (secondary N) is 1. The third kappa shape index (κ3) is 3.37. The first-order valence-corrected chi connectivity index (χ1v) is 5.35. The van der Waals surface area contributed by atoms with E-state index in [4.69, 9.17) is 9.84 Å². The lowest BCUT2D eigenvalue weighted by molar-refractivity contribution is -0.138. The van der Waals surface area contributed by atoms with Crippen LogP contribution >= 0.6 is 0 Å². The van der Waals surface area contributed by atoms with E-state index in [0.717, 1.165) is 12.8 Å². The van der Waals surface area contributed by atoms with Gasteiger partial charge in [0.1, 0.15) is 6.04 Å². The van der Waals surface area contributed by atoms with Gasteiger partial charge in [0.25, 0.3) is 0 Å². The van der Waals surface area contributed by atoms with Gasteiger partial charge in [-0.3, -0.25) is 4.79 Å².